The molecule has 0 spiro atoms. The van der Waals surface area contributed by atoms with Crippen LogP contribution >= 0.6 is 0 Å². The average Bonchev–Trinajstić information content (AvgIpc) is 3.33. The van der Waals surface area contributed by atoms with Crippen LogP contribution in [-0.4, -0.2) is 71.5 Å². The lowest BCUT2D eigenvalue weighted by atomic mass is 10.1. The normalized spacial score (nSPS) is 23.6. The second kappa shape index (κ2) is 7.09. The van der Waals surface area contributed by atoms with E-state index in [1.54, 1.807) is 9.80 Å². The van der Waals surface area contributed by atoms with Crippen molar-refractivity contribution in [2.24, 2.45) is 5.73 Å². The predicted molar refractivity (Wildman–Crippen MR) is 97.7 cm³/mol. The van der Waals surface area contributed by atoms with Crippen molar-refractivity contribution in [3.8, 4) is 0 Å². The quantitative estimate of drug-likeness (QED) is 0.857. The van der Waals surface area contributed by atoms with E-state index in [1.807, 2.05) is 30.3 Å². The highest BCUT2D eigenvalue weighted by Crippen LogP contribution is 2.22. The topological polar surface area (TPSA) is 91.7 Å². The number of hydrogen-bond acceptors (Lipinski definition) is 4. The minimum Gasteiger partial charge on any atom is -0.364 e. The molecule has 0 radical (unpaired) electrons. The molecule has 2 saturated heterocycles. The number of ether oxygens (including phenoxy) is 1. The third-order valence-corrected chi connectivity index (χ3v) is 5.28. The van der Waals surface area contributed by atoms with Crippen LogP contribution in [0.1, 0.15) is 23.3 Å². The number of nitrogens with zero attached hydrogens (tertiary/aromatic N) is 2. The van der Waals surface area contributed by atoms with Crippen molar-refractivity contribution in [1.29, 1.82) is 0 Å². The van der Waals surface area contributed by atoms with E-state index in [9.17, 15) is 9.59 Å². The largest absolute Gasteiger partial charge is 0.364 e. The standard InChI is InChI=1S/C19H24N4O3/c20-12-14-5-6-17(26-14)19(25)23-9-7-22(8-10-23)18(24)16-11-13-3-1-2-4-15(13)21-16/h1-4,11,14,17,21H,5-10,12,20H2/t14-,17+/m1/s1. The summed E-state index contributed by atoms with van der Waals surface area (Å²) in [7, 11) is 0. The number of carbonyl (C=O) groups is 2. The van der Waals surface area contributed by atoms with Gasteiger partial charge in [0.15, 0.2) is 0 Å². The number of aromatic amines is 1. The summed E-state index contributed by atoms with van der Waals surface area (Å²) >= 11 is 0. The zero-order valence-electron chi connectivity index (χ0n) is 14.7. The van der Waals surface area contributed by atoms with Gasteiger partial charge in [-0.2, -0.15) is 0 Å². The maximum Gasteiger partial charge on any atom is 0.270 e. The first-order valence-corrected chi connectivity index (χ1v) is 9.17. The second-order valence-corrected chi connectivity index (χ2v) is 6.95. The number of nitrogens with two attached hydrogens (primary N) is 1. The molecule has 1 aromatic heterocycles. The average molecular weight is 356 g/mol. The SMILES string of the molecule is NC[C@H]1CC[C@@H](C(=O)N2CCN(C(=O)c3cc4ccccc4[nH]3)CC2)O1. The Kier molecular flexibility index (Phi) is 4.65. The molecule has 26 heavy (non-hydrogen) atoms. The molecule has 7 nitrogen and oxygen atoms in total. The smallest absolute Gasteiger partial charge is 0.270 e. The van der Waals surface area contributed by atoms with Crippen molar-refractivity contribution in [1.82, 2.24) is 14.8 Å². The van der Waals surface area contributed by atoms with E-state index in [0.29, 0.717) is 38.4 Å². The van der Waals surface area contributed by atoms with Crippen LogP contribution in [0, 0.1) is 0 Å². The summed E-state index contributed by atoms with van der Waals surface area (Å²) in [6, 6.07) is 9.72. The van der Waals surface area contributed by atoms with Crippen molar-refractivity contribution < 1.29 is 14.3 Å². The van der Waals surface area contributed by atoms with Gasteiger partial charge in [-0.3, -0.25) is 9.59 Å². The van der Waals surface area contributed by atoms with Crippen molar-refractivity contribution in [3.63, 3.8) is 0 Å². The minimum atomic E-state index is -0.375. The number of aromatic nitrogens is 1. The first kappa shape index (κ1) is 17.1. The van der Waals surface area contributed by atoms with Crippen LogP contribution in [0.15, 0.2) is 30.3 Å². The highest BCUT2D eigenvalue weighted by molar-refractivity contribution is 5.98. The number of H-pyrrole nitrogens is 1. The van der Waals surface area contributed by atoms with Crippen molar-refractivity contribution in [2.45, 2.75) is 25.0 Å². The van der Waals surface area contributed by atoms with Crippen LogP contribution in [0.3, 0.4) is 0 Å². The maximum atomic E-state index is 12.7. The van der Waals surface area contributed by atoms with E-state index in [0.717, 1.165) is 23.7 Å². The molecule has 2 fully saturated rings. The van der Waals surface area contributed by atoms with Gasteiger partial charge in [0.25, 0.3) is 11.8 Å². The molecule has 1 aromatic carbocycles. The van der Waals surface area contributed by atoms with E-state index in [4.69, 9.17) is 10.5 Å². The Hall–Kier alpha value is -2.38. The summed E-state index contributed by atoms with van der Waals surface area (Å²) in [4.78, 5) is 32.1. The molecule has 2 atom stereocenters. The van der Waals surface area contributed by atoms with Crippen LogP contribution in [0.25, 0.3) is 10.9 Å². The number of rotatable bonds is 3. The van der Waals surface area contributed by atoms with Gasteiger partial charge in [-0.1, -0.05) is 18.2 Å². The highest BCUT2D eigenvalue weighted by atomic mass is 16.5. The molecule has 7 heteroatoms. The third-order valence-electron chi connectivity index (χ3n) is 5.28. The Morgan fingerprint density at radius 2 is 1.85 bits per heavy atom. The zero-order valence-corrected chi connectivity index (χ0v) is 14.7. The van der Waals surface area contributed by atoms with E-state index in [1.165, 1.54) is 0 Å². The number of carbonyl (C=O) groups excluding carboxylic acids is 2. The van der Waals surface area contributed by atoms with Gasteiger partial charge >= 0.3 is 0 Å². The van der Waals surface area contributed by atoms with Gasteiger partial charge in [-0.05, 0) is 25.0 Å². The molecule has 0 saturated carbocycles. The Morgan fingerprint density at radius 1 is 1.12 bits per heavy atom. The van der Waals surface area contributed by atoms with E-state index in [-0.39, 0.29) is 24.0 Å². The highest BCUT2D eigenvalue weighted by Gasteiger charge is 2.34. The van der Waals surface area contributed by atoms with Gasteiger partial charge in [-0.15, -0.1) is 0 Å². The number of para-hydroxylation sites is 1. The molecule has 2 amide bonds. The molecule has 3 heterocycles. The van der Waals surface area contributed by atoms with Gasteiger partial charge in [0.2, 0.25) is 0 Å². The van der Waals surface area contributed by atoms with Crippen molar-refractivity contribution in [3.05, 3.63) is 36.0 Å². The van der Waals surface area contributed by atoms with Crippen LogP contribution in [0.2, 0.25) is 0 Å². The van der Waals surface area contributed by atoms with Crippen molar-refractivity contribution in [2.75, 3.05) is 32.7 Å². The number of fused-ring (bicyclic) bond motifs is 1. The first-order valence-electron chi connectivity index (χ1n) is 9.17. The molecule has 0 unspecified atom stereocenters. The van der Waals surface area contributed by atoms with Crippen LogP contribution in [0.5, 0.6) is 0 Å². The number of amides is 2. The number of nitrogens with one attached hydrogen (secondary N) is 1. The van der Waals surface area contributed by atoms with Gasteiger partial charge in [0, 0.05) is 43.6 Å². The first-order chi connectivity index (χ1) is 12.7. The lowest BCUT2D eigenvalue weighted by molar-refractivity contribution is -0.144. The summed E-state index contributed by atoms with van der Waals surface area (Å²) in [5.41, 5.74) is 7.16. The summed E-state index contributed by atoms with van der Waals surface area (Å²) in [6.07, 6.45) is 1.19. The second-order valence-electron chi connectivity index (χ2n) is 6.95. The molecule has 0 aliphatic carbocycles. The number of benzene rings is 1. The van der Waals surface area contributed by atoms with Crippen LogP contribution in [0.4, 0.5) is 0 Å². The van der Waals surface area contributed by atoms with Crippen LogP contribution < -0.4 is 5.73 Å². The Labute approximate surface area is 152 Å². The monoisotopic (exact) mass is 356 g/mol. The van der Waals surface area contributed by atoms with E-state index < -0.39 is 0 Å². The van der Waals surface area contributed by atoms with E-state index in [2.05, 4.69) is 4.98 Å². The summed E-state index contributed by atoms with van der Waals surface area (Å²) in [6.45, 7) is 2.60. The Morgan fingerprint density at radius 3 is 2.54 bits per heavy atom. The molecule has 3 N–H and O–H groups in total. The Bertz CT molecular complexity index is 777. The molecule has 0 bridgehead atoms. The summed E-state index contributed by atoms with van der Waals surface area (Å²) < 4.78 is 5.70. The van der Waals surface area contributed by atoms with Crippen LogP contribution in [-0.2, 0) is 9.53 Å². The molecule has 2 aromatic rings. The van der Waals surface area contributed by atoms with Gasteiger partial charge in [-0.25, -0.2) is 0 Å². The fraction of sp³-hybridized carbons (Fsp3) is 0.474. The number of hydrogen-bond donors (Lipinski definition) is 2. The van der Waals surface area contributed by atoms with E-state index >= 15 is 0 Å². The molecule has 2 aliphatic heterocycles. The predicted octanol–water partition coefficient (Wildman–Crippen LogP) is 0.959. The zero-order chi connectivity index (χ0) is 18.1. The van der Waals surface area contributed by atoms with Crippen molar-refractivity contribution >= 4 is 22.7 Å². The van der Waals surface area contributed by atoms with Gasteiger partial charge < -0.3 is 25.3 Å². The third kappa shape index (κ3) is 3.20. The fourth-order valence-electron chi connectivity index (χ4n) is 3.75. The lowest BCUT2D eigenvalue weighted by Crippen LogP contribution is -2.53. The molecule has 2 aliphatic rings. The maximum absolute atomic E-state index is 12.7. The van der Waals surface area contributed by atoms with Gasteiger partial charge in [0.1, 0.15) is 11.8 Å². The molecule has 138 valence electrons. The lowest BCUT2D eigenvalue weighted by Gasteiger charge is -2.35. The Balaban J connectivity index is 1.35. The molecular formula is C19H24N4O3. The van der Waals surface area contributed by atoms with Gasteiger partial charge in [0.05, 0.1) is 6.10 Å². The molecular weight excluding hydrogens is 332 g/mol. The minimum absolute atomic E-state index is 0.00572. The summed E-state index contributed by atoms with van der Waals surface area (Å²) in [5.74, 6) is 0.00673. The number of piperazine rings is 1. The molecule has 4 rings (SSSR count). The summed E-state index contributed by atoms with van der Waals surface area (Å²) in [5, 5.41) is 1.03. The fourth-order valence-corrected chi connectivity index (χ4v) is 3.75.